The van der Waals surface area contributed by atoms with E-state index in [1.807, 2.05) is 0 Å². The van der Waals surface area contributed by atoms with Gasteiger partial charge in [-0.25, -0.2) is 9.48 Å². The number of carboxylic acid groups (broad SMARTS) is 1. The van der Waals surface area contributed by atoms with Crippen molar-refractivity contribution in [3.63, 3.8) is 0 Å². The molecule has 0 amide bonds. The Morgan fingerprint density at radius 1 is 1.48 bits per heavy atom. The maximum absolute atomic E-state index is 11.1. The lowest BCUT2D eigenvalue weighted by Crippen LogP contribution is -2.10. The average molecular weight is 295 g/mol. The zero-order valence-corrected chi connectivity index (χ0v) is 12.1. The van der Waals surface area contributed by atoms with Gasteiger partial charge in [0, 0.05) is 13.5 Å². The molecule has 0 spiro atoms. The second-order valence-electron chi connectivity index (χ2n) is 4.98. The van der Waals surface area contributed by atoms with Gasteiger partial charge >= 0.3 is 5.97 Å². The number of ether oxygens (including phenoxy) is 1. The van der Waals surface area contributed by atoms with Crippen LogP contribution in [0.25, 0.3) is 0 Å². The van der Waals surface area contributed by atoms with E-state index in [0.29, 0.717) is 29.7 Å². The van der Waals surface area contributed by atoms with Crippen molar-refractivity contribution in [2.45, 2.75) is 33.4 Å². The van der Waals surface area contributed by atoms with Crippen molar-refractivity contribution in [2.75, 3.05) is 7.11 Å². The Balaban J connectivity index is 2.19. The summed E-state index contributed by atoms with van der Waals surface area (Å²) in [6, 6.07) is 0. The monoisotopic (exact) mass is 295 g/mol. The molecule has 2 rings (SSSR count). The minimum Gasteiger partial charge on any atom is -0.476 e. The summed E-state index contributed by atoms with van der Waals surface area (Å²) in [5.74, 6) is 0.237. The van der Waals surface area contributed by atoms with Crippen molar-refractivity contribution >= 4 is 5.97 Å². The summed E-state index contributed by atoms with van der Waals surface area (Å²) in [6.07, 6.45) is 0.714. The number of carboxylic acids is 1. The summed E-state index contributed by atoms with van der Waals surface area (Å²) in [5.41, 5.74) is 0.215. The molecule has 2 aromatic rings. The Bertz CT molecular complexity index is 619. The molecule has 0 radical (unpaired) electrons. The number of hydrogen-bond donors (Lipinski definition) is 1. The lowest BCUT2D eigenvalue weighted by atomic mass is 10.1. The molecule has 0 saturated carbocycles. The number of carbonyl (C=O) groups is 1. The first kappa shape index (κ1) is 15.1. The van der Waals surface area contributed by atoms with Gasteiger partial charge in [-0.3, -0.25) is 0 Å². The highest BCUT2D eigenvalue weighted by Crippen LogP contribution is 2.11. The molecule has 9 nitrogen and oxygen atoms in total. The van der Waals surface area contributed by atoms with Crippen LogP contribution in [0.4, 0.5) is 0 Å². The van der Waals surface area contributed by atoms with E-state index in [-0.39, 0.29) is 18.8 Å². The fourth-order valence-corrected chi connectivity index (χ4v) is 1.84. The molecular weight excluding hydrogens is 278 g/mol. The first-order chi connectivity index (χ1) is 10.0. The Morgan fingerprint density at radius 2 is 2.24 bits per heavy atom. The van der Waals surface area contributed by atoms with E-state index in [2.05, 4.69) is 34.3 Å². The predicted octanol–water partition coefficient (Wildman–Crippen LogP) is 0.752. The number of hydrogen-bond acceptors (Lipinski definition) is 7. The third-order valence-corrected chi connectivity index (χ3v) is 2.71. The van der Waals surface area contributed by atoms with Gasteiger partial charge in [0.2, 0.25) is 5.89 Å². The maximum atomic E-state index is 11.1. The van der Waals surface area contributed by atoms with E-state index in [9.17, 15) is 4.79 Å². The van der Waals surface area contributed by atoms with E-state index >= 15 is 0 Å². The number of nitrogens with zero attached hydrogens (tertiary/aromatic N) is 5. The first-order valence-corrected chi connectivity index (χ1v) is 6.47. The smallest absolute Gasteiger partial charge is 0.358 e. The van der Waals surface area contributed by atoms with Crippen molar-refractivity contribution < 1.29 is 19.2 Å². The van der Waals surface area contributed by atoms with Crippen molar-refractivity contribution in [1.82, 2.24) is 25.1 Å². The molecular formula is C12H17N5O4. The first-order valence-electron chi connectivity index (χ1n) is 6.47. The molecule has 0 aliphatic carbocycles. The van der Waals surface area contributed by atoms with Gasteiger partial charge in [0.25, 0.3) is 0 Å². The van der Waals surface area contributed by atoms with Gasteiger partial charge in [-0.2, -0.15) is 4.98 Å². The van der Waals surface area contributed by atoms with Crippen LogP contribution in [0.2, 0.25) is 0 Å². The summed E-state index contributed by atoms with van der Waals surface area (Å²) in [6.45, 7) is 4.36. The maximum Gasteiger partial charge on any atom is 0.358 e. The van der Waals surface area contributed by atoms with Gasteiger partial charge < -0.3 is 14.4 Å². The van der Waals surface area contributed by atoms with E-state index in [0.717, 1.165) is 0 Å². The molecule has 0 saturated heterocycles. The topological polar surface area (TPSA) is 116 Å². The van der Waals surface area contributed by atoms with Crippen molar-refractivity contribution in [1.29, 1.82) is 0 Å². The molecule has 114 valence electrons. The van der Waals surface area contributed by atoms with Crippen LogP contribution >= 0.6 is 0 Å². The lowest BCUT2D eigenvalue weighted by molar-refractivity contribution is 0.0684. The van der Waals surface area contributed by atoms with E-state index < -0.39 is 5.97 Å². The Morgan fingerprint density at radius 3 is 2.86 bits per heavy atom. The van der Waals surface area contributed by atoms with Gasteiger partial charge in [0.1, 0.15) is 6.54 Å². The molecule has 0 atom stereocenters. The molecule has 0 aliphatic heterocycles. The summed E-state index contributed by atoms with van der Waals surface area (Å²) >= 11 is 0. The Hall–Kier alpha value is -2.29. The lowest BCUT2D eigenvalue weighted by Gasteiger charge is -2.03. The average Bonchev–Trinajstić information content (AvgIpc) is 2.98. The summed E-state index contributed by atoms with van der Waals surface area (Å²) in [7, 11) is 1.47. The standard InChI is InChI=1S/C12H17N5O4/c1-7(2)4-9-13-10(21-15-9)5-17-8(6-20-3)11(12(18)19)14-16-17/h7H,4-6H2,1-3H3,(H,18,19). The minimum absolute atomic E-state index is 0.0849. The fourth-order valence-electron chi connectivity index (χ4n) is 1.84. The van der Waals surface area contributed by atoms with Gasteiger partial charge in [0.15, 0.2) is 11.5 Å². The molecule has 2 aromatic heterocycles. The number of rotatable bonds is 7. The van der Waals surface area contributed by atoms with Crippen LogP contribution in [0.1, 0.15) is 41.7 Å². The summed E-state index contributed by atoms with van der Waals surface area (Å²) < 4.78 is 11.5. The van der Waals surface area contributed by atoms with Crippen LogP contribution in [-0.2, 0) is 24.3 Å². The zero-order chi connectivity index (χ0) is 15.4. The SMILES string of the molecule is COCc1c(C(=O)O)nnn1Cc1nc(CC(C)C)no1. The second-order valence-corrected chi connectivity index (χ2v) is 4.98. The van der Waals surface area contributed by atoms with Crippen molar-refractivity contribution in [3.05, 3.63) is 23.1 Å². The highest BCUT2D eigenvalue weighted by Gasteiger charge is 2.20. The Labute approximate surface area is 120 Å². The second kappa shape index (κ2) is 6.44. The third-order valence-electron chi connectivity index (χ3n) is 2.71. The van der Waals surface area contributed by atoms with E-state index in [4.69, 9.17) is 14.4 Å². The van der Waals surface area contributed by atoms with Crippen LogP contribution < -0.4 is 0 Å². The van der Waals surface area contributed by atoms with Crippen LogP contribution in [0.3, 0.4) is 0 Å². The molecule has 1 N–H and O–H groups in total. The predicted molar refractivity (Wildman–Crippen MR) is 69.6 cm³/mol. The number of aromatic nitrogens is 5. The number of methoxy groups -OCH3 is 1. The van der Waals surface area contributed by atoms with Gasteiger partial charge in [0.05, 0.1) is 12.3 Å². The van der Waals surface area contributed by atoms with Crippen LogP contribution in [-0.4, -0.2) is 43.3 Å². The molecule has 0 unspecified atom stereocenters. The third kappa shape index (κ3) is 3.63. The molecule has 2 heterocycles. The Kier molecular flexibility index (Phi) is 4.63. The summed E-state index contributed by atoms with van der Waals surface area (Å²) in [4.78, 5) is 15.3. The van der Waals surface area contributed by atoms with Crippen LogP contribution in [0.5, 0.6) is 0 Å². The van der Waals surface area contributed by atoms with Gasteiger partial charge in [-0.05, 0) is 5.92 Å². The quantitative estimate of drug-likeness (QED) is 0.795. The van der Waals surface area contributed by atoms with Crippen LogP contribution in [0.15, 0.2) is 4.52 Å². The highest BCUT2D eigenvalue weighted by atomic mass is 16.5. The molecule has 0 bridgehead atoms. The minimum atomic E-state index is -1.15. The highest BCUT2D eigenvalue weighted by molar-refractivity contribution is 5.86. The van der Waals surface area contributed by atoms with Crippen LogP contribution in [0, 0.1) is 5.92 Å². The summed E-state index contributed by atoms with van der Waals surface area (Å²) in [5, 5.41) is 20.4. The number of aromatic carboxylic acids is 1. The molecule has 0 aromatic carbocycles. The van der Waals surface area contributed by atoms with Gasteiger partial charge in [-0.1, -0.05) is 24.2 Å². The van der Waals surface area contributed by atoms with E-state index in [1.54, 1.807) is 0 Å². The van der Waals surface area contributed by atoms with E-state index in [1.165, 1.54) is 11.8 Å². The molecule has 21 heavy (non-hydrogen) atoms. The van der Waals surface area contributed by atoms with Gasteiger partial charge in [-0.15, -0.1) is 5.10 Å². The normalized spacial score (nSPS) is 11.2. The largest absolute Gasteiger partial charge is 0.476 e. The fraction of sp³-hybridized carbons (Fsp3) is 0.583. The zero-order valence-electron chi connectivity index (χ0n) is 12.1. The molecule has 0 aliphatic rings. The molecule has 0 fully saturated rings. The van der Waals surface area contributed by atoms with Crippen molar-refractivity contribution in [2.24, 2.45) is 5.92 Å². The molecule has 9 heteroatoms. The van der Waals surface area contributed by atoms with Crippen molar-refractivity contribution in [3.8, 4) is 0 Å².